The summed E-state index contributed by atoms with van der Waals surface area (Å²) < 4.78 is 0. The summed E-state index contributed by atoms with van der Waals surface area (Å²) in [5.41, 5.74) is 0.641. The van der Waals surface area contributed by atoms with E-state index in [9.17, 15) is 14.7 Å². The molecule has 0 unspecified atom stereocenters. The van der Waals surface area contributed by atoms with E-state index in [1.165, 1.54) is 0 Å². The number of fused-ring (bicyclic) bond motifs is 4. The first-order valence-corrected chi connectivity index (χ1v) is 10.4. The van der Waals surface area contributed by atoms with Gasteiger partial charge in [-0.15, -0.1) is 0 Å². The molecule has 0 spiro atoms. The van der Waals surface area contributed by atoms with Gasteiger partial charge >= 0.3 is 0 Å². The fraction of sp³-hybridized carbons (Fsp3) is 0.636. The summed E-state index contributed by atoms with van der Waals surface area (Å²) in [6.45, 7) is 2.08. The second-order valence-corrected chi connectivity index (χ2v) is 8.90. The number of carbonyl (C=O) groups excluding carboxylic acids is 2. The lowest BCUT2D eigenvalue weighted by molar-refractivity contribution is -0.160. The molecule has 3 saturated heterocycles. The maximum Gasteiger partial charge on any atom is 0.256 e. The molecule has 4 rings (SSSR count). The van der Waals surface area contributed by atoms with Crippen LogP contribution in [-0.4, -0.2) is 77.4 Å². The van der Waals surface area contributed by atoms with Gasteiger partial charge in [0.25, 0.3) is 5.91 Å². The number of hydrogen-bond donors (Lipinski definition) is 1. The molecular weight excluding hydrogens is 354 g/mol. The number of hydrogen-bond acceptors (Lipinski definition) is 4. The van der Waals surface area contributed by atoms with Gasteiger partial charge in [-0.2, -0.15) is 0 Å². The second-order valence-electron chi connectivity index (χ2n) is 8.90. The summed E-state index contributed by atoms with van der Waals surface area (Å²) in [4.78, 5) is 32.0. The van der Waals surface area contributed by atoms with Gasteiger partial charge in [0.15, 0.2) is 6.10 Å². The summed E-state index contributed by atoms with van der Waals surface area (Å²) >= 11 is 0. The zero-order valence-electron chi connectivity index (χ0n) is 16.8. The van der Waals surface area contributed by atoms with Crippen molar-refractivity contribution in [3.05, 3.63) is 35.9 Å². The van der Waals surface area contributed by atoms with Crippen molar-refractivity contribution in [2.45, 2.75) is 43.9 Å². The van der Waals surface area contributed by atoms with Gasteiger partial charge in [0.05, 0.1) is 0 Å². The predicted octanol–water partition coefficient (Wildman–Crippen LogP) is 1.51. The molecule has 3 aliphatic rings. The number of rotatable bonds is 4. The maximum atomic E-state index is 13.1. The van der Waals surface area contributed by atoms with Crippen molar-refractivity contribution < 1.29 is 14.7 Å². The van der Waals surface area contributed by atoms with E-state index in [1.807, 2.05) is 37.2 Å². The lowest BCUT2D eigenvalue weighted by Crippen LogP contribution is -2.67. The number of likely N-dealkylation sites (tertiary alicyclic amines) is 1. The molecule has 3 heterocycles. The molecule has 28 heavy (non-hydrogen) atoms. The molecule has 152 valence electrons. The molecule has 0 radical (unpaired) electrons. The van der Waals surface area contributed by atoms with Gasteiger partial charge in [-0.25, -0.2) is 0 Å². The van der Waals surface area contributed by atoms with E-state index in [4.69, 9.17) is 0 Å². The monoisotopic (exact) mass is 385 g/mol. The number of aliphatic hydroxyl groups excluding tert-OH is 1. The molecular formula is C22H31N3O3. The Morgan fingerprint density at radius 3 is 2.64 bits per heavy atom. The van der Waals surface area contributed by atoms with Crippen LogP contribution in [0.3, 0.4) is 0 Å². The lowest BCUT2D eigenvalue weighted by Gasteiger charge is -2.57. The van der Waals surface area contributed by atoms with E-state index in [0.717, 1.165) is 25.8 Å². The molecule has 1 aromatic rings. The smallest absolute Gasteiger partial charge is 0.256 e. The van der Waals surface area contributed by atoms with Crippen LogP contribution in [-0.2, 0) is 9.59 Å². The van der Waals surface area contributed by atoms with E-state index in [1.54, 1.807) is 12.1 Å². The Kier molecular flexibility index (Phi) is 5.43. The summed E-state index contributed by atoms with van der Waals surface area (Å²) in [5.74, 6) is 0.654. The van der Waals surface area contributed by atoms with Gasteiger partial charge in [-0.1, -0.05) is 30.3 Å². The number of benzene rings is 1. The molecule has 5 atom stereocenters. The summed E-state index contributed by atoms with van der Waals surface area (Å²) in [6, 6.07) is 9.53. The average Bonchev–Trinajstić information content (AvgIpc) is 2.70. The highest BCUT2D eigenvalue weighted by Gasteiger charge is 2.50. The standard InChI is InChI=1S/C22H31N3O3/c1-23(2)14-19-17-11-16(18-9-6-10-20(26)25(18)19)12-24(13-17)22(28)21(27)15-7-4-3-5-8-15/h3-5,7-8,16-19,21,27H,6,9-14H2,1-2H3/t16-,17+,18+,19+,21-/m1/s1. The third-order valence-corrected chi connectivity index (χ3v) is 6.71. The van der Waals surface area contributed by atoms with E-state index >= 15 is 0 Å². The molecule has 2 bridgehead atoms. The van der Waals surface area contributed by atoms with Gasteiger partial charge in [0.1, 0.15) is 0 Å². The first kappa shape index (κ1) is 19.4. The average molecular weight is 386 g/mol. The topological polar surface area (TPSA) is 64.1 Å². The van der Waals surface area contributed by atoms with E-state index in [0.29, 0.717) is 31.0 Å². The Morgan fingerprint density at radius 1 is 1.21 bits per heavy atom. The van der Waals surface area contributed by atoms with Crippen molar-refractivity contribution in [1.29, 1.82) is 0 Å². The molecule has 3 fully saturated rings. The summed E-state index contributed by atoms with van der Waals surface area (Å²) in [7, 11) is 4.08. The molecule has 2 amide bonds. The molecule has 1 aromatic carbocycles. The van der Waals surface area contributed by atoms with Crippen LogP contribution in [0.4, 0.5) is 0 Å². The van der Waals surface area contributed by atoms with Gasteiger partial charge in [-0.05, 0) is 50.8 Å². The minimum Gasteiger partial charge on any atom is -0.378 e. The number of piperidine rings is 3. The molecule has 6 nitrogen and oxygen atoms in total. The van der Waals surface area contributed by atoms with Crippen LogP contribution in [0, 0.1) is 11.8 Å². The fourth-order valence-electron chi connectivity index (χ4n) is 5.51. The molecule has 3 aliphatic heterocycles. The Balaban J connectivity index is 1.56. The van der Waals surface area contributed by atoms with Crippen molar-refractivity contribution in [3.63, 3.8) is 0 Å². The first-order chi connectivity index (χ1) is 13.5. The van der Waals surface area contributed by atoms with Crippen molar-refractivity contribution >= 4 is 11.8 Å². The molecule has 0 aromatic heterocycles. The lowest BCUT2D eigenvalue weighted by atomic mass is 9.71. The highest BCUT2D eigenvalue weighted by molar-refractivity contribution is 5.82. The molecule has 6 heteroatoms. The number of likely N-dealkylation sites (N-methyl/N-ethyl adjacent to an activating group) is 1. The van der Waals surface area contributed by atoms with E-state index in [-0.39, 0.29) is 29.8 Å². The van der Waals surface area contributed by atoms with Crippen molar-refractivity contribution in [2.75, 3.05) is 33.7 Å². The van der Waals surface area contributed by atoms with Crippen molar-refractivity contribution in [3.8, 4) is 0 Å². The van der Waals surface area contributed by atoms with Crippen LogP contribution >= 0.6 is 0 Å². The van der Waals surface area contributed by atoms with E-state index in [2.05, 4.69) is 9.80 Å². The molecule has 0 aliphatic carbocycles. The Hall–Kier alpha value is -1.92. The van der Waals surface area contributed by atoms with Crippen LogP contribution in [0.5, 0.6) is 0 Å². The Labute approximate surface area is 167 Å². The van der Waals surface area contributed by atoms with Gasteiger partial charge < -0.3 is 19.8 Å². The predicted molar refractivity (Wildman–Crippen MR) is 106 cm³/mol. The SMILES string of the molecule is CN(C)C[C@H]1[C@H]2C[C@H](CN(C(=O)[C@H](O)c3ccccc3)C2)[C@@H]2CCCC(=O)N21. The molecule has 0 saturated carbocycles. The van der Waals surface area contributed by atoms with Crippen LogP contribution in [0.15, 0.2) is 30.3 Å². The number of aliphatic hydroxyl groups is 1. The maximum absolute atomic E-state index is 13.1. The van der Waals surface area contributed by atoms with Crippen molar-refractivity contribution in [2.24, 2.45) is 11.8 Å². The van der Waals surface area contributed by atoms with Crippen LogP contribution in [0.25, 0.3) is 0 Å². The quantitative estimate of drug-likeness (QED) is 0.853. The van der Waals surface area contributed by atoms with Crippen LogP contribution in [0.1, 0.15) is 37.4 Å². The zero-order valence-corrected chi connectivity index (χ0v) is 16.8. The number of amides is 2. The van der Waals surface area contributed by atoms with Crippen molar-refractivity contribution in [1.82, 2.24) is 14.7 Å². The molecule has 1 N–H and O–H groups in total. The third kappa shape index (κ3) is 3.55. The van der Waals surface area contributed by atoms with Gasteiger partial charge in [0.2, 0.25) is 5.91 Å². The van der Waals surface area contributed by atoms with Gasteiger partial charge in [-0.3, -0.25) is 9.59 Å². The highest BCUT2D eigenvalue weighted by Crippen LogP contribution is 2.42. The summed E-state index contributed by atoms with van der Waals surface area (Å²) in [6.07, 6.45) is 2.57. The van der Waals surface area contributed by atoms with E-state index < -0.39 is 6.10 Å². The van der Waals surface area contributed by atoms with Gasteiger partial charge in [0, 0.05) is 38.1 Å². The zero-order chi connectivity index (χ0) is 19.8. The minimum atomic E-state index is -1.11. The normalized spacial score (nSPS) is 30.9. The summed E-state index contributed by atoms with van der Waals surface area (Å²) in [5, 5.41) is 10.6. The second kappa shape index (κ2) is 7.84. The fourth-order valence-corrected chi connectivity index (χ4v) is 5.51. The highest BCUT2D eigenvalue weighted by atomic mass is 16.3. The van der Waals surface area contributed by atoms with Crippen LogP contribution in [0.2, 0.25) is 0 Å². The number of carbonyl (C=O) groups is 2. The largest absolute Gasteiger partial charge is 0.378 e. The number of nitrogens with zero attached hydrogens (tertiary/aromatic N) is 3. The Bertz CT molecular complexity index is 723. The minimum absolute atomic E-state index is 0.147. The van der Waals surface area contributed by atoms with Crippen LogP contribution < -0.4 is 0 Å². The third-order valence-electron chi connectivity index (χ3n) is 6.71. The first-order valence-electron chi connectivity index (χ1n) is 10.4. The Morgan fingerprint density at radius 2 is 1.93 bits per heavy atom.